The zero-order valence-corrected chi connectivity index (χ0v) is 13.6. The molecule has 1 atom stereocenters. The number of fused-ring (bicyclic) bond motifs is 1. The van der Waals surface area contributed by atoms with Gasteiger partial charge in [0, 0.05) is 4.88 Å². The lowest BCUT2D eigenvalue weighted by atomic mass is 9.93. The summed E-state index contributed by atoms with van der Waals surface area (Å²) in [7, 11) is 0. The van der Waals surface area contributed by atoms with E-state index in [1.165, 1.54) is 25.5 Å². The lowest BCUT2D eigenvalue weighted by Crippen LogP contribution is -2.16. The minimum atomic E-state index is -0.374. The van der Waals surface area contributed by atoms with Crippen molar-refractivity contribution < 1.29 is 4.39 Å². The molecule has 0 radical (unpaired) electrons. The minimum absolute atomic E-state index is 0.219. The molecule has 5 heteroatoms. The van der Waals surface area contributed by atoms with Crippen LogP contribution >= 0.6 is 33.9 Å². The van der Waals surface area contributed by atoms with E-state index in [-0.39, 0.29) is 11.9 Å². The highest BCUT2D eigenvalue weighted by Crippen LogP contribution is 2.38. The summed E-state index contributed by atoms with van der Waals surface area (Å²) in [6, 6.07) is 8.81. The van der Waals surface area contributed by atoms with E-state index in [0.717, 1.165) is 19.3 Å². The van der Waals surface area contributed by atoms with Crippen LogP contribution in [0.5, 0.6) is 0 Å². The number of nitrogens with zero attached hydrogens (tertiary/aromatic N) is 1. The quantitative estimate of drug-likeness (QED) is 0.734. The highest BCUT2D eigenvalue weighted by molar-refractivity contribution is 14.1. The van der Waals surface area contributed by atoms with Gasteiger partial charge < -0.3 is 5.32 Å². The average Bonchev–Trinajstić information content (AvgIpc) is 2.82. The summed E-state index contributed by atoms with van der Waals surface area (Å²) < 4.78 is 14.5. The molecule has 1 aromatic carbocycles. The van der Waals surface area contributed by atoms with Crippen molar-refractivity contribution in [2.75, 3.05) is 5.32 Å². The van der Waals surface area contributed by atoms with Crippen molar-refractivity contribution in [3.05, 3.63) is 49.0 Å². The smallest absolute Gasteiger partial charge is 0.124 e. The molecule has 2 aromatic rings. The predicted molar refractivity (Wildman–Crippen MR) is 87.5 cm³/mol. The molecule has 3 rings (SSSR count). The molecule has 1 unspecified atom stereocenters. The number of thiophene rings is 1. The summed E-state index contributed by atoms with van der Waals surface area (Å²) in [6.45, 7) is 0. The summed E-state index contributed by atoms with van der Waals surface area (Å²) >= 11 is 4.19. The monoisotopic (exact) mass is 398 g/mol. The fourth-order valence-electron chi connectivity index (χ4n) is 2.59. The summed E-state index contributed by atoms with van der Waals surface area (Å²) in [5, 5.41) is 12.5. The van der Waals surface area contributed by atoms with Crippen LogP contribution in [0.15, 0.2) is 24.3 Å². The van der Waals surface area contributed by atoms with Crippen LogP contribution in [0.25, 0.3) is 0 Å². The van der Waals surface area contributed by atoms with Crippen LogP contribution in [0.1, 0.15) is 34.9 Å². The van der Waals surface area contributed by atoms with Gasteiger partial charge in [-0.05, 0) is 71.7 Å². The number of benzene rings is 1. The molecule has 0 saturated heterocycles. The maximum absolute atomic E-state index is 13.2. The van der Waals surface area contributed by atoms with Crippen molar-refractivity contribution in [3.63, 3.8) is 0 Å². The normalized spacial score (nSPS) is 17.4. The molecule has 1 aliphatic carbocycles. The van der Waals surface area contributed by atoms with Crippen LogP contribution in [0, 0.1) is 20.0 Å². The van der Waals surface area contributed by atoms with E-state index >= 15 is 0 Å². The Balaban J connectivity index is 1.91. The first kappa shape index (κ1) is 13.8. The summed E-state index contributed by atoms with van der Waals surface area (Å²) in [5.41, 5.74) is 2.41. The van der Waals surface area contributed by atoms with Gasteiger partial charge in [-0.2, -0.15) is 5.26 Å². The van der Waals surface area contributed by atoms with Gasteiger partial charge in [-0.15, -0.1) is 11.3 Å². The lowest BCUT2D eigenvalue weighted by Gasteiger charge is -2.25. The van der Waals surface area contributed by atoms with E-state index < -0.39 is 0 Å². The van der Waals surface area contributed by atoms with E-state index in [9.17, 15) is 4.39 Å². The summed E-state index contributed by atoms with van der Waals surface area (Å²) in [4.78, 5) is 1.43. The number of anilines is 1. The molecule has 20 heavy (non-hydrogen) atoms. The van der Waals surface area contributed by atoms with Crippen LogP contribution in [-0.2, 0) is 6.42 Å². The summed E-state index contributed by atoms with van der Waals surface area (Å²) in [5.74, 6) is -0.374. The maximum Gasteiger partial charge on any atom is 0.124 e. The van der Waals surface area contributed by atoms with E-state index in [1.54, 1.807) is 6.07 Å². The molecule has 0 bridgehead atoms. The first-order valence-electron chi connectivity index (χ1n) is 6.41. The molecule has 0 fully saturated rings. The number of halogens is 2. The highest BCUT2D eigenvalue weighted by Gasteiger charge is 2.23. The number of hydrogen-bond acceptors (Lipinski definition) is 3. The molecular weight excluding hydrogens is 386 g/mol. The molecule has 1 N–H and O–H groups in total. The van der Waals surface area contributed by atoms with Crippen molar-refractivity contribution in [2.24, 2.45) is 0 Å². The second kappa shape index (κ2) is 5.70. The molecule has 2 nitrogen and oxygen atoms in total. The molecular formula is C15H12FIN2S. The van der Waals surface area contributed by atoms with E-state index in [2.05, 4.69) is 40.0 Å². The highest BCUT2D eigenvalue weighted by atomic mass is 127. The van der Waals surface area contributed by atoms with Crippen LogP contribution < -0.4 is 5.32 Å². The molecule has 0 saturated carbocycles. The Hall–Kier alpha value is -1.13. The number of aryl methyl sites for hydroxylation is 1. The van der Waals surface area contributed by atoms with Crippen molar-refractivity contribution in [1.82, 2.24) is 0 Å². The lowest BCUT2D eigenvalue weighted by molar-refractivity contribution is 0.607. The Bertz CT molecular complexity index is 690. The number of hydrogen-bond donors (Lipinski definition) is 1. The van der Waals surface area contributed by atoms with Crippen molar-refractivity contribution in [1.29, 1.82) is 5.26 Å². The van der Waals surface area contributed by atoms with Gasteiger partial charge in [0.15, 0.2) is 0 Å². The van der Waals surface area contributed by atoms with Gasteiger partial charge in [-0.25, -0.2) is 4.39 Å². The third kappa shape index (κ3) is 2.67. The Morgan fingerprint density at radius 1 is 1.40 bits per heavy atom. The first-order valence-corrected chi connectivity index (χ1v) is 8.31. The Labute approximate surface area is 134 Å². The van der Waals surface area contributed by atoms with E-state index in [4.69, 9.17) is 5.26 Å². The molecule has 1 aromatic heterocycles. The van der Waals surface area contributed by atoms with E-state index in [1.807, 2.05) is 11.3 Å². The van der Waals surface area contributed by atoms with Gasteiger partial charge in [0.25, 0.3) is 0 Å². The zero-order valence-electron chi connectivity index (χ0n) is 10.6. The van der Waals surface area contributed by atoms with Crippen molar-refractivity contribution in [3.8, 4) is 6.07 Å². The molecule has 102 valence electrons. The van der Waals surface area contributed by atoms with Crippen molar-refractivity contribution >= 4 is 39.6 Å². The zero-order chi connectivity index (χ0) is 14.1. The van der Waals surface area contributed by atoms with Crippen LogP contribution in [0.4, 0.5) is 10.1 Å². The predicted octanol–water partition coefficient (Wildman–Crippen LogP) is 4.85. The second-order valence-electron chi connectivity index (χ2n) is 4.82. The molecule has 1 heterocycles. The third-order valence-electron chi connectivity index (χ3n) is 3.52. The standard InChI is InChI=1S/C15H12FIN2S/c16-10-4-5-12(9(6-10)8-18)19-13-2-1-3-14-11(13)7-15(17)20-14/h4-7,13,19H,1-3H2. The van der Waals surface area contributed by atoms with E-state index in [0.29, 0.717) is 11.3 Å². The molecule has 0 amide bonds. The van der Waals surface area contributed by atoms with Gasteiger partial charge in [0.05, 0.1) is 20.2 Å². The minimum Gasteiger partial charge on any atom is -0.377 e. The largest absolute Gasteiger partial charge is 0.377 e. The van der Waals surface area contributed by atoms with Crippen LogP contribution in [0.3, 0.4) is 0 Å². The second-order valence-corrected chi connectivity index (χ2v) is 7.85. The molecule has 0 aliphatic heterocycles. The maximum atomic E-state index is 13.2. The van der Waals surface area contributed by atoms with Crippen LogP contribution in [0.2, 0.25) is 0 Å². The average molecular weight is 398 g/mol. The topological polar surface area (TPSA) is 35.8 Å². The van der Waals surface area contributed by atoms with Crippen LogP contribution in [-0.4, -0.2) is 0 Å². The van der Waals surface area contributed by atoms with Gasteiger partial charge in [0.1, 0.15) is 11.9 Å². The Morgan fingerprint density at radius 3 is 3.05 bits per heavy atom. The van der Waals surface area contributed by atoms with Gasteiger partial charge in [-0.3, -0.25) is 0 Å². The summed E-state index contributed by atoms with van der Waals surface area (Å²) in [6.07, 6.45) is 3.32. The van der Waals surface area contributed by atoms with Gasteiger partial charge in [-0.1, -0.05) is 0 Å². The first-order chi connectivity index (χ1) is 9.67. The van der Waals surface area contributed by atoms with Crippen molar-refractivity contribution in [2.45, 2.75) is 25.3 Å². The molecule has 0 spiro atoms. The fraction of sp³-hybridized carbons (Fsp3) is 0.267. The number of rotatable bonds is 2. The Kier molecular flexibility index (Phi) is 3.94. The number of nitrogens with one attached hydrogen (secondary N) is 1. The SMILES string of the molecule is N#Cc1cc(F)ccc1NC1CCCc2sc(I)cc21. The Morgan fingerprint density at radius 2 is 2.25 bits per heavy atom. The van der Waals surface area contributed by atoms with Gasteiger partial charge >= 0.3 is 0 Å². The van der Waals surface area contributed by atoms with Gasteiger partial charge in [0.2, 0.25) is 0 Å². The molecule has 1 aliphatic rings. The fourth-order valence-corrected chi connectivity index (χ4v) is 4.71. The third-order valence-corrected chi connectivity index (χ3v) is 5.49. The number of nitriles is 1.